The molecule has 0 aliphatic heterocycles. The molecular formula is C60H40N2. The van der Waals surface area contributed by atoms with E-state index in [0.29, 0.717) is 0 Å². The molecule has 1 heterocycles. The van der Waals surface area contributed by atoms with E-state index in [9.17, 15) is 0 Å². The van der Waals surface area contributed by atoms with Crippen molar-refractivity contribution < 1.29 is 0 Å². The summed E-state index contributed by atoms with van der Waals surface area (Å²) in [5.74, 6) is 0. The van der Waals surface area contributed by atoms with Gasteiger partial charge < -0.3 is 9.47 Å². The van der Waals surface area contributed by atoms with Crippen LogP contribution in [0.2, 0.25) is 0 Å². The Morgan fingerprint density at radius 1 is 0.258 bits per heavy atom. The van der Waals surface area contributed by atoms with Crippen molar-refractivity contribution in [1.82, 2.24) is 4.57 Å². The number of anilines is 3. The fraction of sp³-hybridized carbons (Fsp3) is 0. The summed E-state index contributed by atoms with van der Waals surface area (Å²) in [4.78, 5) is 2.40. The summed E-state index contributed by atoms with van der Waals surface area (Å²) >= 11 is 0. The Morgan fingerprint density at radius 2 is 0.806 bits per heavy atom. The molecule has 290 valence electrons. The van der Waals surface area contributed by atoms with Crippen molar-refractivity contribution in [2.45, 2.75) is 0 Å². The molecule has 2 heteroatoms. The minimum absolute atomic E-state index is 1.08. The number of fused-ring (bicyclic) bond motifs is 8. The second-order valence-corrected chi connectivity index (χ2v) is 16.1. The van der Waals surface area contributed by atoms with Crippen molar-refractivity contribution in [2.24, 2.45) is 0 Å². The molecule has 0 bridgehead atoms. The quantitative estimate of drug-likeness (QED) is 0.146. The molecule has 0 N–H and O–H groups in total. The predicted molar refractivity (Wildman–Crippen MR) is 264 cm³/mol. The van der Waals surface area contributed by atoms with Gasteiger partial charge in [0.25, 0.3) is 0 Å². The molecule has 0 spiro atoms. The van der Waals surface area contributed by atoms with E-state index in [0.717, 1.165) is 28.3 Å². The Bertz CT molecular complexity index is 3580. The first kappa shape index (κ1) is 35.7. The highest BCUT2D eigenvalue weighted by Gasteiger charge is 2.19. The molecule has 12 rings (SSSR count). The molecule has 12 aromatic rings. The monoisotopic (exact) mass is 788 g/mol. The topological polar surface area (TPSA) is 8.17 Å². The van der Waals surface area contributed by atoms with E-state index in [1.807, 2.05) is 0 Å². The molecule has 0 aliphatic rings. The van der Waals surface area contributed by atoms with Crippen LogP contribution >= 0.6 is 0 Å². The highest BCUT2D eigenvalue weighted by atomic mass is 15.1. The number of aromatic nitrogens is 1. The Morgan fingerprint density at radius 3 is 1.55 bits per heavy atom. The minimum atomic E-state index is 1.08. The zero-order chi connectivity index (χ0) is 41.0. The number of hydrogen-bond acceptors (Lipinski definition) is 1. The molecule has 0 fully saturated rings. The predicted octanol–water partition coefficient (Wildman–Crippen LogP) is 16.7. The molecule has 1 aromatic heterocycles. The molecular weight excluding hydrogens is 749 g/mol. The smallest absolute Gasteiger partial charge is 0.0541 e. The average molecular weight is 789 g/mol. The van der Waals surface area contributed by atoms with Gasteiger partial charge in [-0.1, -0.05) is 182 Å². The van der Waals surface area contributed by atoms with Crippen LogP contribution in [0.25, 0.3) is 93.2 Å². The Labute approximate surface area is 360 Å². The second kappa shape index (κ2) is 14.8. The van der Waals surface area contributed by atoms with E-state index in [1.165, 1.54) is 81.9 Å². The first-order valence-corrected chi connectivity index (χ1v) is 21.3. The van der Waals surface area contributed by atoms with Crippen LogP contribution < -0.4 is 4.90 Å². The van der Waals surface area contributed by atoms with Gasteiger partial charge in [-0.15, -0.1) is 0 Å². The minimum Gasteiger partial charge on any atom is -0.310 e. The fourth-order valence-electron chi connectivity index (χ4n) is 9.70. The summed E-state index contributed by atoms with van der Waals surface area (Å²) in [6.07, 6.45) is 0. The van der Waals surface area contributed by atoms with Crippen LogP contribution in [0.4, 0.5) is 17.1 Å². The average Bonchev–Trinajstić information content (AvgIpc) is 3.68. The van der Waals surface area contributed by atoms with E-state index >= 15 is 0 Å². The zero-order valence-corrected chi connectivity index (χ0v) is 34.0. The Kier molecular flexibility index (Phi) is 8.53. The first-order chi connectivity index (χ1) is 30.8. The molecule has 0 saturated carbocycles. The van der Waals surface area contributed by atoms with E-state index in [2.05, 4.69) is 252 Å². The third-order valence-electron chi connectivity index (χ3n) is 12.6. The normalized spacial score (nSPS) is 11.5. The molecule has 0 radical (unpaired) electrons. The summed E-state index contributed by atoms with van der Waals surface area (Å²) in [5, 5.41) is 10.1. The summed E-state index contributed by atoms with van der Waals surface area (Å²) in [5.41, 5.74) is 13.9. The van der Waals surface area contributed by atoms with Crippen molar-refractivity contribution in [3.63, 3.8) is 0 Å². The third-order valence-corrected chi connectivity index (χ3v) is 12.6. The van der Waals surface area contributed by atoms with Crippen LogP contribution in [0.1, 0.15) is 0 Å². The molecule has 0 atom stereocenters. The lowest BCUT2D eigenvalue weighted by Gasteiger charge is -2.27. The summed E-state index contributed by atoms with van der Waals surface area (Å²) in [6.45, 7) is 0. The van der Waals surface area contributed by atoms with Gasteiger partial charge in [-0.25, -0.2) is 0 Å². The number of nitrogens with zero attached hydrogens (tertiary/aromatic N) is 2. The molecule has 0 unspecified atom stereocenters. The van der Waals surface area contributed by atoms with Crippen molar-refractivity contribution in [3.8, 4) is 39.1 Å². The third kappa shape index (κ3) is 5.96. The van der Waals surface area contributed by atoms with E-state index < -0.39 is 0 Å². The lowest BCUT2D eigenvalue weighted by molar-refractivity contribution is 1.18. The standard InChI is InChI=1S/C60H40N2/c1-2-16-41(17-3-1)44-19-14-21-47(38-44)61(48-22-15-20-45(39-48)56-40-57-49-23-5-4-18-42(49)34-37-53(57)51-25-6-7-26-52(51)56)46-35-32-43(33-36-46)50-24-8-11-29-58(50)62-59-30-12-9-27-54(59)55-28-10-13-31-60(55)62/h1-40H. The van der Waals surface area contributed by atoms with Gasteiger partial charge in [0.05, 0.1) is 16.7 Å². The molecule has 2 nitrogen and oxygen atoms in total. The van der Waals surface area contributed by atoms with Crippen molar-refractivity contribution in [1.29, 1.82) is 0 Å². The Hall–Kier alpha value is -8.20. The highest BCUT2D eigenvalue weighted by molar-refractivity contribution is 6.21. The van der Waals surface area contributed by atoms with Crippen LogP contribution in [0.15, 0.2) is 243 Å². The van der Waals surface area contributed by atoms with Gasteiger partial charge in [-0.3, -0.25) is 0 Å². The van der Waals surface area contributed by atoms with Gasteiger partial charge in [0.15, 0.2) is 0 Å². The maximum absolute atomic E-state index is 2.42. The zero-order valence-electron chi connectivity index (χ0n) is 34.0. The largest absolute Gasteiger partial charge is 0.310 e. The van der Waals surface area contributed by atoms with Crippen molar-refractivity contribution in [2.75, 3.05) is 4.90 Å². The van der Waals surface area contributed by atoms with E-state index in [-0.39, 0.29) is 0 Å². The first-order valence-electron chi connectivity index (χ1n) is 21.3. The van der Waals surface area contributed by atoms with Crippen LogP contribution in [-0.4, -0.2) is 4.57 Å². The molecule has 0 saturated heterocycles. The van der Waals surface area contributed by atoms with Crippen molar-refractivity contribution in [3.05, 3.63) is 243 Å². The summed E-state index contributed by atoms with van der Waals surface area (Å²) < 4.78 is 2.42. The fourth-order valence-corrected chi connectivity index (χ4v) is 9.70. The maximum atomic E-state index is 2.42. The van der Waals surface area contributed by atoms with Gasteiger partial charge in [0, 0.05) is 33.4 Å². The van der Waals surface area contributed by atoms with Gasteiger partial charge >= 0.3 is 0 Å². The lowest BCUT2D eigenvalue weighted by Crippen LogP contribution is -2.10. The number of rotatable bonds is 7. The van der Waals surface area contributed by atoms with Crippen LogP contribution in [0, 0.1) is 0 Å². The SMILES string of the molecule is c1ccc(-c2cccc(N(c3ccc(-c4ccccc4-n4c5ccccc5c5ccccc54)cc3)c3cccc(-c4cc5c6ccccc6ccc5c5ccccc45)c3)c2)cc1. The number of benzene rings is 11. The molecule has 11 aromatic carbocycles. The molecule has 0 amide bonds. The van der Waals surface area contributed by atoms with Gasteiger partial charge in [0.2, 0.25) is 0 Å². The number of hydrogen-bond donors (Lipinski definition) is 0. The summed E-state index contributed by atoms with van der Waals surface area (Å²) in [7, 11) is 0. The lowest BCUT2D eigenvalue weighted by atomic mass is 9.91. The maximum Gasteiger partial charge on any atom is 0.0541 e. The van der Waals surface area contributed by atoms with Crippen LogP contribution in [0.5, 0.6) is 0 Å². The van der Waals surface area contributed by atoms with Gasteiger partial charge in [0.1, 0.15) is 0 Å². The van der Waals surface area contributed by atoms with Gasteiger partial charge in [-0.05, 0) is 121 Å². The van der Waals surface area contributed by atoms with Crippen LogP contribution in [0.3, 0.4) is 0 Å². The summed E-state index contributed by atoms with van der Waals surface area (Å²) in [6, 6.07) is 88.5. The second-order valence-electron chi connectivity index (χ2n) is 16.1. The Balaban J connectivity index is 1.02. The van der Waals surface area contributed by atoms with Gasteiger partial charge in [-0.2, -0.15) is 0 Å². The van der Waals surface area contributed by atoms with E-state index in [1.54, 1.807) is 0 Å². The number of para-hydroxylation sites is 3. The highest BCUT2D eigenvalue weighted by Crippen LogP contribution is 2.43. The molecule has 62 heavy (non-hydrogen) atoms. The van der Waals surface area contributed by atoms with Crippen LogP contribution in [-0.2, 0) is 0 Å². The molecule has 0 aliphatic carbocycles. The van der Waals surface area contributed by atoms with E-state index in [4.69, 9.17) is 0 Å². The van der Waals surface area contributed by atoms with Crippen molar-refractivity contribution >= 4 is 71.2 Å².